The van der Waals surface area contributed by atoms with Crippen LogP contribution in [0.5, 0.6) is 0 Å². The van der Waals surface area contributed by atoms with Gasteiger partial charge in [-0.15, -0.1) is 0 Å². The first-order valence-corrected chi connectivity index (χ1v) is 9.70. The Balaban J connectivity index is 1.53. The van der Waals surface area contributed by atoms with Crippen LogP contribution in [0.3, 0.4) is 0 Å². The van der Waals surface area contributed by atoms with Crippen LogP contribution in [0.25, 0.3) is 0 Å². The minimum Gasteiger partial charge on any atom is -0.378 e. The molecule has 0 saturated carbocycles. The average Bonchev–Trinajstić information content (AvgIpc) is 2.70. The number of carbonyl (C=O) groups is 2. The summed E-state index contributed by atoms with van der Waals surface area (Å²) in [5, 5.41) is 3.01. The third-order valence-electron chi connectivity index (χ3n) is 4.81. The van der Waals surface area contributed by atoms with Crippen LogP contribution < -0.4 is 10.2 Å². The van der Waals surface area contributed by atoms with Crippen LogP contribution in [0.15, 0.2) is 54.6 Å². The molecule has 28 heavy (non-hydrogen) atoms. The lowest BCUT2D eigenvalue weighted by atomic mass is 10.0. The summed E-state index contributed by atoms with van der Waals surface area (Å²) in [5.41, 5.74) is 3.09. The van der Waals surface area contributed by atoms with E-state index >= 15 is 0 Å². The average molecular weight is 382 g/mol. The number of rotatable bonds is 7. The molecule has 148 valence electrons. The number of carbonyl (C=O) groups excluding carboxylic acids is 2. The van der Waals surface area contributed by atoms with Crippen molar-refractivity contribution >= 4 is 17.5 Å². The molecule has 1 unspecified atom stereocenters. The SMILES string of the molecule is C[NH+](CC(=O)Nc1ccccc1Cc1ccccc1)CC(=O)N1CCOCC1. The van der Waals surface area contributed by atoms with E-state index in [1.807, 2.05) is 49.5 Å². The lowest BCUT2D eigenvalue weighted by Crippen LogP contribution is -3.11. The number of benzene rings is 2. The molecule has 2 aromatic rings. The summed E-state index contributed by atoms with van der Waals surface area (Å²) in [7, 11) is 1.87. The quantitative estimate of drug-likeness (QED) is 0.737. The maximum absolute atomic E-state index is 12.5. The molecule has 1 aliphatic rings. The maximum Gasteiger partial charge on any atom is 0.279 e. The van der Waals surface area contributed by atoms with Crippen molar-refractivity contribution in [2.24, 2.45) is 0 Å². The molecule has 0 bridgehead atoms. The minimum atomic E-state index is -0.0900. The second kappa shape index (κ2) is 10.0. The molecule has 0 aliphatic carbocycles. The fourth-order valence-electron chi connectivity index (χ4n) is 3.33. The summed E-state index contributed by atoms with van der Waals surface area (Å²) in [5.74, 6) is -0.0223. The number of nitrogens with one attached hydrogen (secondary N) is 2. The molecule has 2 amide bonds. The molecule has 0 spiro atoms. The van der Waals surface area contributed by atoms with Crippen LogP contribution in [0, 0.1) is 0 Å². The molecule has 6 nitrogen and oxygen atoms in total. The third kappa shape index (κ3) is 5.90. The minimum absolute atomic E-state index is 0.0677. The van der Waals surface area contributed by atoms with Crippen molar-refractivity contribution in [3.8, 4) is 0 Å². The van der Waals surface area contributed by atoms with Gasteiger partial charge in [-0.05, 0) is 23.6 Å². The Bertz CT molecular complexity index is 789. The highest BCUT2D eigenvalue weighted by molar-refractivity contribution is 5.92. The smallest absolute Gasteiger partial charge is 0.279 e. The van der Waals surface area contributed by atoms with Gasteiger partial charge in [0.25, 0.3) is 11.8 Å². The van der Waals surface area contributed by atoms with Crippen molar-refractivity contribution in [3.05, 3.63) is 65.7 Å². The topological polar surface area (TPSA) is 63.1 Å². The van der Waals surface area contributed by atoms with Gasteiger partial charge >= 0.3 is 0 Å². The van der Waals surface area contributed by atoms with Gasteiger partial charge in [0.2, 0.25) is 0 Å². The van der Waals surface area contributed by atoms with Crippen LogP contribution in [-0.2, 0) is 20.7 Å². The van der Waals surface area contributed by atoms with Gasteiger partial charge in [0, 0.05) is 18.8 Å². The molecule has 2 N–H and O–H groups in total. The molecule has 6 heteroatoms. The first kappa shape index (κ1) is 20.0. The van der Waals surface area contributed by atoms with Gasteiger partial charge in [0.1, 0.15) is 0 Å². The highest BCUT2D eigenvalue weighted by Gasteiger charge is 2.21. The number of anilines is 1. The number of hydrogen-bond donors (Lipinski definition) is 2. The van der Waals surface area contributed by atoms with E-state index < -0.39 is 0 Å². The van der Waals surface area contributed by atoms with Crippen molar-refractivity contribution in [3.63, 3.8) is 0 Å². The third-order valence-corrected chi connectivity index (χ3v) is 4.81. The Morgan fingerprint density at radius 1 is 1.00 bits per heavy atom. The largest absolute Gasteiger partial charge is 0.378 e. The number of nitrogens with zero attached hydrogens (tertiary/aromatic N) is 1. The van der Waals surface area contributed by atoms with Gasteiger partial charge in [0.15, 0.2) is 13.1 Å². The summed E-state index contributed by atoms with van der Waals surface area (Å²) >= 11 is 0. The van der Waals surface area contributed by atoms with Crippen molar-refractivity contribution in [1.29, 1.82) is 0 Å². The van der Waals surface area contributed by atoms with Crippen LogP contribution in [-0.4, -0.2) is 63.2 Å². The van der Waals surface area contributed by atoms with Gasteiger partial charge in [0.05, 0.1) is 20.3 Å². The van der Waals surface area contributed by atoms with E-state index in [4.69, 9.17) is 4.74 Å². The van der Waals surface area contributed by atoms with Gasteiger partial charge in [-0.1, -0.05) is 48.5 Å². The molecule has 2 aromatic carbocycles. The zero-order chi connectivity index (χ0) is 19.8. The molecule has 1 fully saturated rings. The maximum atomic E-state index is 12.5. The first-order chi connectivity index (χ1) is 13.6. The summed E-state index contributed by atoms with van der Waals surface area (Å²) < 4.78 is 5.27. The molecular formula is C22H28N3O3+. The Hall–Kier alpha value is -2.70. The van der Waals surface area contributed by atoms with E-state index in [2.05, 4.69) is 17.4 Å². The van der Waals surface area contributed by atoms with Crippen LogP contribution in [0.2, 0.25) is 0 Å². The lowest BCUT2D eigenvalue weighted by Gasteiger charge is -2.27. The van der Waals surface area contributed by atoms with Gasteiger partial charge in [-0.2, -0.15) is 0 Å². The normalized spacial score (nSPS) is 15.1. The number of para-hydroxylation sites is 1. The monoisotopic (exact) mass is 382 g/mol. The standard InChI is InChI=1S/C22H27N3O3/c1-24(17-22(27)25-11-13-28-14-12-25)16-21(26)23-20-10-6-5-9-19(20)15-18-7-3-2-4-8-18/h2-10H,11-17H2,1H3,(H,23,26)/p+1. The number of amides is 2. The lowest BCUT2D eigenvalue weighted by molar-refractivity contribution is -0.862. The Morgan fingerprint density at radius 3 is 2.43 bits per heavy atom. The number of ether oxygens (including phenoxy) is 1. The molecule has 1 aliphatic heterocycles. The highest BCUT2D eigenvalue weighted by atomic mass is 16.5. The predicted octanol–water partition coefficient (Wildman–Crippen LogP) is 0.589. The van der Waals surface area contributed by atoms with Crippen molar-refractivity contribution in [2.45, 2.75) is 6.42 Å². The molecule has 1 atom stereocenters. The van der Waals surface area contributed by atoms with Crippen LogP contribution in [0.1, 0.15) is 11.1 Å². The molecule has 1 heterocycles. The summed E-state index contributed by atoms with van der Waals surface area (Å²) in [4.78, 5) is 27.5. The number of likely N-dealkylation sites (N-methyl/N-ethyl adjacent to an activating group) is 1. The summed E-state index contributed by atoms with van der Waals surface area (Å²) in [6, 6.07) is 18.0. The summed E-state index contributed by atoms with van der Waals surface area (Å²) in [6.07, 6.45) is 0.759. The van der Waals surface area contributed by atoms with E-state index in [0.717, 1.165) is 22.6 Å². The molecule has 1 saturated heterocycles. The molecule has 0 aromatic heterocycles. The molecule has 3 rings (SSSR count). The predicted molar refractivity (Wildman–Crippen MR) is 108 cm³/mol. The fourth-order valence-corrected chi connectivity index (χ4v) is 3.33. The molecule has 0 radical (unpaired) electrons. The Morgan fingerprint density at radius 2 is 1.68 bits per heavy atom. The van der Waals surface area contributed by atoms with E-state index in [9.17, 15) is 9.59 Å². The Kier molecular flexibility index (Phi) is 7.17. The number of morpholine rings is 1. The van der Waals surface area contributed by atoms with Gasteiger partial charge < -0.3 is 19.9 Å². The van der Waals surface area contributed by atoms with Gasteiger partial charge in [-0.25, -0.2) is 0 Å². The Labute approximate surface area is 166 Å². The first-order valence-electron chi connectivity index (χ1n) is 9.70. The second-order valence-electron chi connectivity index (χ2n) is 7.17. The van der Waals surface area contributed by atoms with Crippen molar-refractivity contribution in [2.75, 3.05) is 51.8 Å². The van der Waals surface area contributed by atoms with E-state index in [0.29, 0.717) is 32.8 Å². The fraction of sp³-hybridized carbons (Fsp3) is 0.364. The van der Waals surface area contributed by atoms with E-state index in [-0.39, 0.29) is 18.4 Å². The summed E-state index contributed by atoms with van der Waals surface area (Å²) in [6.45, 7) is 2.98. The number of quaternary nitrogens is 1. The van der Waals surface area contributed by atoms with E-state index in [1.54, 1.807) is 4.90 Å². The van der Waals surface area contributed by atoms with Crippen molar-refractivity contribution < 1.29 is 19.2 Å². The molecular weight excluding hydrogens is 354 g/mol. The van der Waals surface area contributed by atoms with E-state index in [1.165, 1.54) is 5.56 Å². The zero-order valence-corrected chi connectivity index (χ0v) is 16.3. The van der Waals surface area contributed by atoms with Crippen LogP contribution >= 0.6 is 0 Å². The number of hydrogen-bond acceptors (Lipinski definition) is 3. The highest BCUT2D eigenvalue weighted by Crippen LogP contribution is 2.18. The van der Waals surface area contributed by atoms with Gasteiger partial charge in [-0.3, -0.25) is 9.59 Å². The van der Waals surface area contributed by atoms with Crippen molar-refractivity contribution in [1.82, 2.24) is 4.90 Å². The second-order valence-corrected chi connectivity index (χ2v) is 7.17. The van der Waals surface area contributed by atoms with Crippen LogP contribution in [0.4, 0.5) is 5.69 Å². The zero-order valence-electron chi connectivity index (χ0n) is 16.3.